The summed E-state index contributed by atoms with van der Waals surface area (Å²) in [6.45, 7) is 2.91. The van der Waals surface area contributed by atoms with E-state index in [-0.39, 0.29) is 0 Å². The van der Waals surface area contributed by atoms with Crippen molar-refractivity contribution in [2.75, 3.05) is 11.9 Å². The molecule has 2 rings (SSSR count). The Balaban J connectivity index is 2.02. The minimum atomic E-state index is 0.672. The molecule has 0 spiro atoms. The van der Waals surface area contributed by atoms with Crippen LogP contribution in [0.15, 0.2) is 23.4 Å². The lowest BCUT2D eigenvalue weighted by atomic mass is 10.5. The lowest BCUT2D eigenvalue weighted by Gasteiger charge is -2.03. The molecule has 0 amide bonds. The van der Waals surface area contributed by atoms with Crippen molar-refractivity contribution in [3.05, 3.63) is 29.0 Å². The molecule has 17 heavy (non-hydrogen) atoms. The minimum Gasteiger partial charge on any atom is -0.374 e. The van der Waals surface area contributed by atoms with Crippen LogP contribution in [0.4, 0.5) is 5.00 Å². The smallest absolute Gasteiger partial charge is 0.134 e. The first kappa shape index (κ1) is 12.6. The summed E-state index contributed by atoms with van der Waals surface area (Å²) in [7, 11) is 0. The molecular weight excluding hydrogens is 276 g/mol. The fourth-order valence-corrected chi connectivity index (χ4v) is 3.05. The molecule has 0 fully saturated rings. The van der Waals surface area contributed by atoms with Gasteiger partial charge in [-0.05, 0) is 19.1 Å². The average Bonchev–Trinajstić information content (AvgIpc) is 2.76. The van der Waals surface area contributed by atoms with E-state index >= 15 is 0 Å². The first-order valence-electron chi connectivity index (χ1n) is 5.09. The summed E-state index contributed by atoms with van der Waals surface area (Å²) in [4.78, 5) is 4.22. The van der Waals surface area contributed by atoms with Gasteiger partial charge in [0.25, 0.3) is 0 Å². The van der Waals surface area contributed by atoms with Crippen LogP contribution in [0.5, 0.6) is 0 Å². The molecule has 2 aromatic rings. The zero-order valence-corrected chi connectivity index (χ0v) is 11.6. The number of pyridine rings is 1. The first-order chi connectivity index (χ1) is 8.31. The molecule has 0 saturated heterocycles. The van der Waals surface area contributed by atoms with E-state index in [2.05, 4.69) is 19.9 Å². The Morgan fingerprint density at radius 1 is 1.53 bits per heavy atom. The maximum absolute atomic E-state index is 6.03. The summed E-state index contributed by atoms with van der Waals surface area (Å²) in [5.41, 5.74) is 0.948. The Morgan fingerprint density at radius 3 is 3.18 bits per heavy atom. The van der Waals surface area contributed by atoms with Crippen LogP contribution in [-0.2, 0) is 5.75 Å². The van der Waals surface area contributed by atoms with Crippen molar-refractivity contribution >= 4 is 39.9 Å². The second kappa shape index (κ2) is 6.18. The Kier molecular flexibility index (Phi) is 4.58. The fourth-order valence-electron chi connectivity index (χ4n) is 1.21. The predicted molar refractivity (Wildman–Crippen MR) is 72.9 cm³/mol. The van der Waals surface area contributed by atoms with Crippen LogP contribution in [-0.4, -0.2) is 21.1 Å². The van der Waals surface area contributed by atoms with E-state index in [4.69, 9.17) is 11.6 Å². The van der Waals surface area contributed by atoms with Gasteiger partial charge < -0.3 is 5.32 Å². The van der Waals surface area contributed by atoms with Gasteiger partial charge in [-0.3, -0.25) is 0 Å². The highest BCUT2D eigenvalue weighted by molar-refractivity contribution is 7.98. The molecule has 0 unspecified atom stereocenters. The van der Waals surface area contributed by atoms with Crippen molar-refractivity contribution in [2.24, 2.45) is 0 Å². The third-order valence-corrected chi connectivity index (χ3v) is 4.12. The van der Waals surface area contributed by atoms with Gasteiger partial charge in [-0.2, -0.15) is 0 Å². The minimum absolute atomic E-state index is 0.672. The van der Waals surface area contributed by atoms with Crippen LogP contribution in [0, 0.1) is 0 Å². The molecule has 0 radical (unpaired) electrons. The van der Waals surface area contributed by atoms with Gasteiger partial charge in [-0.15, -0.1) is 5.10 Å². The summed E-state index contributed by atoms with van der Waals surface area (Å²) < 4.78 is 3.94. The molecule has 1 N–H and O–H groups in total. The molecule has 0 bridgehead atoms. The molecule has 0 aromatic carbocycles. The number of halogens is 1. The molecule has 0 aliphatic rings. The van der Waals surface area contributed by atoms with E-state index in [9.17, 15) is 0 Å². The summed E-state index contributed by atoms with van der Waals surface area (Å²) in [5.74, 6) is 0.718. The lowest BCUT2D eigenvalue weighted by Crippen LogP contribution is -1.97. The largest absolute Gasteiger partial charge is 0.374 e. The monoisotopic (exact) mass is 286 g/mol. The van der Waals surface area contributed by atoms with Crippen LogP contribution in [0.25, 0.3) is 0 Å². The number of hydrogen-bond acceptors (Lipinski definition) is 6. The van der Waals surface area contributed by atoms with Gasteiger partial charge in [0, 0.05) is 30.0 Å². The van der Waals surface area contributed by atoms with Gasteiger partial charge in [0.15, 0.2) is 0 Å². The number of rotatable bonds is 5. The van der Waals surface area contributed by atoms with E-state index in [0.717, 1.165) is 28.0 Å². The molecule has 2 heterocycles. The van der Waals surface area contributed by atoms with Crippen LogP contribution in [0.1, 0.15) is 12.6 Å². The molecule has 4 nitrogen and oxygen atoms in total. The maximum atomic E-state index is 6.03. The molecule has 0 atom stereocenters. The van der Waals surface area contributed by atoms with E-state index in [1.54, 1.807) is 18.0 Å². The summed E-state index contributed by atoms with van der Waals surface area (Å²) in [6.07, 6.45) is 1.73. The van der Waals surface area contributed by atoms with E-state index in [0.29, 0.717) is 5.02 Å². The van der Waals surface area contributed by atoms with Crippen molar-refractivity contribution < 1.29 is 0 Å². The van der Waals surface area contributed by atoms with Gasteiger partial charge >= 0.3 is 0 Å². The zero-order valence-electron chi connectivity index (χ0n) is 9.18. The predicted octanol–water partition coefficient (Wildman–Crippen LogP) is 3.31. The molecule has 90 valence electrons. The first-order valence-corrected chi connectivity index (χ1v) is 7.23. The van der Waals surface area contributed by atoms with Crippen LogP contribution >= 0.6 is 34.9 Å². The number of thioether (sulfide) groups is 1. The molecule has 0 aliphatic heterocycles. The van der Waals surface area contributed by atoms with Gasteiger partial charge in [0.05, 0.1) is 5.02 Å². The highest BCUT2D eigenvalue weighted by Crippen LogP contribution is 2.29. The number of anilines is 1. The van der Waals surface area contributed by atoms with Gasteiger partial charge in [0.2, 0.25) is 0 Å². The second-order valence-corrected chi connectivity index (χ2v) is 5.28. The van der Waals surface area contributed by atoms with Crippen molar-refractivity contribution in [2.45, 2.75) is 17.7 Å². The lowest BCUT2D eigenvalue weighted by molar-refractivity contribution is 1.06. The maximum Gasteiger partial charge on any atom is 0.134 e. The summed E-state index contributed by atoms with van der Waals surface area (Å²) >= 11 is 8.97. The highest BCUT2D eigenvalue weighted by Gasteiger charge is 2.09. The quantitative estimate of drug-likeness (QED) is 0.855. The number of hydrogen-bond donors (Lipinski definition) is 1. The highest BCUT2D eigenvalue weighted by atomic mass is 35.5. The van der Waals surface area contributed by atoms with Gasteiger partial charge in [-0.1, -0.05) is 27.9 Å². The molecule has 2 aromatic heterocycles. The summed E-state index contributed by atoms with van der Waals surface area (Å²) in [6, 6.07) is 3.66. The van der Waals surface area contributed by atoms with Crippen LogP contribution in [0.2, 0.25) is 5.02 Å². The Bertz CT molecular complexity index is 489. The van der Waals surface area contributed by atoms with E-state index in [1.165, 1.54) is 11.5 Å². The summed E-state index contributed by atoms with van der Waals surface area (Å²) in [5, 5.41) is 9.84. The van der Waals surface area contributed by atoms with Crippen LogP contribution < -0.4 is 5.32 Å². The third kappa shape index (κ3) is 3.31. The molecule has 0 aliphatic carbocycles. The average molecular weight is 287 g/mol. The van der Waals surface area contributed by atoms with Gasteiger partial charge in [0.1, 0.15) is 15.7 Å². The van der Waals surface area contributed by atoms with Crippen molar-refractivity contribution in [1.29, 1.82) is 0 Å². The standard InChI is InChI=1S/C10H11ClN4S2/c1-2-12-10-8(14-15-17-10)6-16-9-7(11)4-3-5-13-9/h3-5,12H,2,6H2,1H3. The van der Waals surface area contributed by atoms with Gasteiger partial charge in [-0.25, -0.2) is 4.98 Å². The molecular formula is C10H11ClN4S2. The number of aromatic nitrogens is 3. The number of nitrogens with zero attached hydrogens (tertiary/aromatic N) is 3. The second-order valence-electron chi connectivity index (χ2n) is 3.16. The molecule has 7 heteroatoms. The van der Waals surface area contributed by atoms with Crippen LogP contribution in [0.3, 0.4) is 0 Å². The Labute approximate surface area is 113 Å². The zero-order chi connectivity index (χ0) is 12.1. The fraction of sp³-hybridized carbons (Fsp3) is 0.300. The van der Waals surface area contributed by atoms with E-state index in [1.807, 2.05) is 19.1 Å². The topological polar surface area (TPSA) is 50.7 Å². The van der Waals surface area contributed by atoms with Crippen molar-refractivity contribution in [3.63, 3.8) is 0 Å². The number of nitrogens with one attached hydrogen (secondary N) is 1. The SMILES string of the molecule is CCNc1snnc1CSc1ncccc1Cl. The van der Waals surface area contributed by atoms with E-state index < -0.39 is 0 Å². The Morgan fingerprint density at radius 2 is 2.41 bits per heavy atom. The Hall–Kier alpha value is -0.850. The third-order valence-electron chi connectivity index (χ3n) is 1.96. The van der Waals surface area contributed by atoms with Crippen molar-refractivity contribution in [3.8, 4) is 0 Å². The normalized spacial score (nSPS) is 10.5. The molecule has 0 saturated carbocycles. The van der Waals surface area contributed by atoms with Crippen molar-refractivity contribution in [1.82, 2.24) is 14.6 Å².